The number of rotatable bonds is 13. The zero-order chi connectivity index (χ0) is 37.2. The molecule has 3 aliphatic carbocycles. The molecular weight excluding hydrogens is 674 g/mol. The van der Waals surface area contributed by atoms with E-state index in [4.69, 9.17) is 25.7 Å². The van der Waals surface area contributed by atoms with Gasteiger partial charge in [0.1, 0.15) is 11.8 Å². The number of likely N-dealkylation sites (tertiary alicyclic amines) is 1. The first-order valence-corrected chi connectivity index (χ1v) is 18.1. The topological polar surface area (TPSA) is 237 Å². The minimum atomic E-state index is -1.01. The number of nitrogens with two attached hydrogens (primary N) is 2. The average Bonchev–Trinajstić information content (AvgIpc) is 3.46. The van der Waals surface area contributed by atoms with Crippen LogP contribution in [-0.2, 0) is 35.8 Å². The summed E-state index contributed by atoms with van der Waals surface area (Å²) in [5, 5.41) is 17.7. The third-order valence-electron chi connectivity index (χ3n) is 11.4. The number of guanidine groups is 1. The van der Waals surface area contributed by atoms with Crippen molar-refractivity contribution < 1.29 is 43.3 Å². The summed E-state index contributed by atoms with van der Waals surface area (Å²) in [5.41, 5.74) is 12.9. The molecule has 6 rings (SSSR count). The largest absolute Gasteiger partial charge is 0.493 e. The van der Waals surface area contributed by atoms with Gasteiger partial charge in [0.25, 0.3) is 0 Å². The Hall–Kier alpha value is -5.02. The molecule has 1 saturated carbocycles. The number of nitrogens with one attached hydrogen (secondary N) is 3. The lowest BCUT2D eigenvalue weighted by atomic mass is 9.49. The molecule has 2 fully saturated rings. The van der Waals surface area contributed by atoms with Gasteiger partial charge in [0.05, 0.1) is 25.6 Å². The molecule has 4 amide bonds. The van der Waals surface area contributed by atoms with E-state index in [1.54, 1.807) is 7.11 Å². The van der Waals surface area contributed by atoms with E-state index in [0.29, 0.717) is 29.8 Å². The maximum atomic E-state index is 14.0. The van der Waals surface area contributed by atoms with E-state index < -0.39 is 53.9 Å². The number of carbonyl (C=O) groups excluding carboxylic acids is 4. The number of amides is 4. The van der Waals surface area contributed by atoms with Crippen LogP contribution >= 0.6 is 0 Å². The molecule has 16 nitrogen and oxygen atoms in total. The van der Waals surface area contributed by atoms with E-state index >= 15 is 0 Å². The molecule has 2 heterocycles. The van der Waals surface area contributed by atoms with Gasteiger partial charge in [-0.1, -0.05) is 12.5 Å². The minimum absolute atomic E-state index is 0.0810. The van der Waals surface area contributed by atoms with Crippen LogP contribution in [0, 0.1) is 17.8 Å². The van der Waals surface area contributed by atoms with E-state index in [1.165, 1.54) is 23.0 Å². The number of carboxylic acids is 1. The van der Waals surface area contributed by atoms with Crippen LogP contribution in [0.3, 0.4) is 0 Å². The van der Waals surface area contributed by atoms with Crippen molar-refractivity contribution in [2.75, 3.05) is 33.3 Å². The van der Waals surface area contributed by atoms with Crippen molar-refractivity contribution in [3.63, 3.8) is 0 Å². The van der Waals surface area contributed by atoms with Crippen molar-refractivity contribution in [3.05, 3.63) is 35.1 Å². The van der Waals surface area contributed by atoms with Crippen molar-refractivity contribution in [1.29, 1.82) is 0 Å². The number of aliphatic imine (C=N–C) groups is 1. The number of piperidine rings is 1. The first-order valence-electron chi connectivity index (χ1n) is 18.1. The number of carbonyl (C=O) groups is 5. The van der Waals surface area contributed by atoms with Gasteiger partial charge in [-0.3, -0.25) is 24.2 Å². The van der Waals surface area contributed by atoms with Crippen molar-refractivity contribution in [2.45, 2.75) is 88.3 Å². The molecule has 1 aromatic carbocycles. The Morgan fingerprint density at radius 1 is 1.17 bits per heavy atom. The SMILES string of the molecule is COc1ccc2c3c1O[C@H]1C(OC(=O)N4CCC(C(=O)O)C[C@@H]4CNC(=O)[C@H](CCCN=C(N)N)NC(=O)CNC(C)=O)=CCC4[C@H](CCC[C@@]341)C2. The van der Waals surface area contributed by atoms with Crippen molar-refractivity contribution >= 4 is 35.7 Å². The summed E-state index contributed by atoms with van der Waals surface area (Å²) < 4.78 is 18.6. The van der Waals surface area contributed by atoms with Crippen LogP contribution in [0.1, 0.15) is 69.4 Å². The predicted molar refractivity (Wildman–Crippen MR) is 187 cm³/mol. The monoisotopic (exact) mass is 723 g/mol. The quantitative estimate of drug-likeness (QED) is 0.0956. The van der Waals surface area contributed by atoms with Crippen LogP contribution in [0.5, 0.6) is 11.5 Å². The zero-order valence-corrected chi connectivity index (χ0v) is 29.7. The van der Waals surface area contributed by atoms with Crippen LogP contribution in [0.15, 0.2) is 29.0 Å². The van der Waals surface area contributed by atoms with Crippen LogP contribution in [-0.4, -0.2) is 97.2 Å². The molecule has 1 aromatic rings. The summed E-state index contributed by atoms with van der Waals surface area (Å²) in [6, 6.07) is 2.37. The Morgan fingerprint density at radius 2 is 1.98 bits per heavy atom. The fourth-order valence-corrected chi connectivity index (χ4v) is 9.14. The Labute approximate surface area is 302 Å². The van der Waals surface area contributed by atoms with Gasteiger partial charge in [-0.2, -0.15) is 0 Å². The van der Waals surface area contributed by atoms with Crippen molar-refractivity contribution in [2.24, 2.45) is 34.2 Å². The molecule has 2 bridgehead atoms. The first kappa shape index (κ1) is 36.8. The highest BCUT2D eigenvalue weighted by Crippen LogP contribution is 2.66. The number of benzene rings is 1. The van der Waals surface area contributed by atoms with E-state index in [2.05, 4.69) is 27.0 Å². The van der Waals surface area contributed by atoms with E-state index in [1.807, 2.05) is 12.1 Å². The van der Waals surface area contributed by atoms with Gasteiger partial charge >= 0.3 is 12.1 Å². The lowest BCUT2D eigenvalue weighted by molar-refractivity contribution is -0.144. The zero-order valence-electron chi connectivity index (χ0n) is 29.7. The number of nitrogens with zero attached hydrogens (tertiary/aromatic N) is 2. The summed E-state index contributed by atoms with van der Waals surface area (Å²) in [5.74, 6) is -0.656. The summed E-state index contributed by atoms with van der Waals surface area (Å²) in [6.07, 6.45) is 6.52. The molecule has 16 heteroatoms. The third kappa shape index (κ3) is 7.19. The van der Waals surface area contributed by atoms with Gasteiger partial charge in [-0.25, -0.2) is 4.79 Å². The lowest BCUT2D eigenvalue weighted by Crippen LogP contribution is -2.57. The summed E-state index contributed by atoms with van der Waals surface area (Å²) in [6.45, 7) is 1.20. The molecule has 52 heavy (non-hydrogen) atoms. The molecular formula is C36H49N7O9. The molecule has 0 radical (unpaired) electrons. The second-order valence-electron chi connectivity index (χ2n) is 14.5. The van der Waals surface area contributed by atoms with Gasteiger partial charge in [0.15, 0.2) is 23.6 Å². The Morgan fingerprint density at radius 3 is 2.71 bits per heavy atom. The second-order valence-corrected chi connectivity index (χ2v) is 14.5. The van der Waals surface area contributed by atoms with Gasteiger partial charge in [-0.05, 0) is 80.9 Å². The molecule has 5 aliphatic rings. The summed E-state index contributed by atoms with van der Waals surface area (Å²) in [7, 11) is 1.62. The normalized spacial score (nSPS) is 27.1. The van der Waals surface area contributed by atoms with Crippen molar-refractivity contribution in [1.82, 2.24) is 20.9 Å². The fourth-order valence-electron chi connectivity index (χ4n) is 9.14. The van der Waals surface area contributed by atoms with Gasteiger partial charge in [-0.15, -0.1) is 0 Å². The fraction of sp³-hybridized carbons (Fsp3) is 0.611. The number of methoxy groups -OCH3 is 1. The molecule has 7 atom stereocenters. The third-order valence-corrected chi connectivity index (χ3v) is 11.4. The van der Waals surface area contributed by atoms with E-state index in [9.17, 15) is 29.1 Å². The van der Waals surface area contributed by atoms with Crippen LogP contribution in [0.25, 0.3) is 0 Å². The van der Waals surface area contributed by atoms with Crippen molar-refractivity contribution in [3.8, 4) is 11.5 Å². The highest BCUT2D eigenvalue weighted by Gasteiger charge is 2.64. The maximum Gasteiger partial charge on any atom is 0.415 e. The molecule has 2 unspecified atom stereocenters. The molecule has 2 aliphatic heterocycles. The molecule has 1 spiro atoms. The lowest BCUT2D eigenvalue weighted by Gasteiger charge is -2.53. The first-order chi connectivity index (χ1) is 24.9. The standard InChI is InChI=1S/C36H49N7O9/c1-19(44)40-18-28(45)42-25(6-4-13-39-34(37)38)32(46)41-17-23-16-22(33(47)48)11-14-43(23)35(49)51-27-10-8-24-20-5-3-12-36(24)29-21(15-20)7-9-26(50-2)30(29)52-31(27)36/h7,9-10,20,22-25,31H,3-6,8,11-18H2,1-2H3,(H,40,44)(H,41,46)(H,42,45)(H,47,48)(H4,37,38,39)/t20-,22?,23-,24?,25+,31+,36+/m1/s1. The number of ether oxygens (including phenoxy) is 3. The van der Waals surface area contributed by atoms with Crippen LogP contribution in [0.2, 0.25) is 0 Å². The number of hydrogen-bond acceptors (Lipinski definition) is 9. The molecule has 0 aromatic heterocycles. The molecule has 282 valence electrons. The highest BCUT2D eigenvalue weighted by atomic mass is 16.6. The number of aliphatic carboxylic acids is 1. The Bertz CT molecular complexity index is 1660. The second kappa shape index (κ2) is 15.3. The van der Waals surface area contributed by atoms with E-state index in [-0.39, 0.29) is 56.8 Å². The highest BCUT2D eigenvalue weighted by molar-refractivity contribution is 5.90. The maximum absolute atomic E-state index is 14.0. The van der Waals surface area contributed by atoms with Crippen LogP contribution < -0.4 is 36.9 Å². The minimum Gasteiger partial charge on any atom is -0.493 e. The number of carboxylic acid groups (broad SMARTS) is 1. The predicted octanol–water partition coefficient (Wildman–Crippen LogP) is 1.05. The molecule has 1 saturated heterocycles. The Kier molecular flexibility index (Phi) is 10.8. The van der Waals surface area contributed by atoms with E-state index in [0.717, 1.165) is 37.9 Å². The van der Waals surface area contributed by atoms with Gasteiger partial charge < -0.3 is 51.6 Å². The number of allylic oxidation sites excluding steroid dienone is 1. The average molecular weight is 724 g/mol. The van der Waals surface area contributed by atoms with Crippen LogP contribution in [0.4, 0.5) is 4.79 Å². The summed E-state index contributed by atoms with van der Waals surface area (Å²) >= 11 is 0. The molecule has 8 N–H and O–H groups in total. The van der Waals surface area contributed by atoms with Gasteiger partial charge in [0.2, 0.25) is 17.7 Å². The summed E-state index contributed by atoms with van der Waals surface area (Å²) in [4.78, 5) is 68.8. The Balaban J connectivity index is 1.17. The number of hydrogen-bond donors (Lipinski definition) is 6. The smallest absolute Gasteiger partial charge is 0.415 e. The van der Waals surface area contributed by atoms with Gasteiger partial charge in [0, 0.05) is 37.5 Å².